The van der Waals surface area contributed by atoms with Gasteiger partial charge < -0.3 is 4.57 Å². The van der Waals surface area contributed by atoms with Crippen LogP contribution in [0.1, 0.15) is 21.7 Å². The van der Waals surface area contributed by atoms with Crippen LogP contribution in [0.4, 0.5) is 0 Å². The number of aldehydes is 1. The van der Waals surface area contributed by atoms with E-state index in [1.54, 1.807) is 18.2 Å². The SMILES string of the molecule is Cc1cc(C=O)c(C)n1-c1cc(Cl)c(Cl)cc1Cl. The van der Waals surface area contributed by atoms with Gasteiger partial charge in [0, 0.05) is 17.0 Å². The number of halogens is 3. The second-order valence-corrected chi connectivity index (χ2v) is 5.22. The van der Waals surface area contributed by atoms with Gasteiger partial charge in [0.2, 0.25) is 0 Å². The van der Waals surface area contributed by atoms with E-state index in [2.05, 4.69) is 0 Å². The number of aromatic nitrogens is 1. The van der Waals surface area contributed by atoms with E-state index >= 15 is 0 Å². The maximum absolute atomic E-state index is 10.9. The van der Waals surface area contributed by atoms with Gasteiger partial charge in [-0.25, -0.2) is 0 Å². The van der Waals surface area contributed by atoms with Crippen LogP contribution in [0.2, 0.25) is 15.1 Å². The van der Waals surface area contributed by atoms with Crippen molar-refractivity contribution in [1.82, 2.24) is 4.57 Å². The molecule has 0 amide bonds. The van der Waals surface area contributed by atoms with Gasteiger partial charge in [-0.2, -0.15) is 0 Å². The van der Waals surface area contributed by atoms with E-state index in [1.165, 1.54) is 0 Å². The molecule has 0 N–H and O–H groups in total. The molecule has 0 aliphatic carbocycles. The van der Waals surface area contributed by atoms with Crippen LogP contribution >= 0.6 is 34.8 Å². The Hall–Kier alpha value is -0.960. The van der Waals surface area contributed by atoms with E-state index in [4.69, 9.17) is 34.8 Å². The van der Waals surface area contributed by atoms with Crippen molar-refractivity contribution in [3.8, 4) is 5.69 Å². The summed E-state index contributed by atoms with van der Waals surface area (Å²) >= 11 is 18.1. The third-order valence-electron chi connectivity index (χ3n) is 2.83. The van der Waals surface area contributed by atoms with E-state index in [1.807, 2.05) is 18.4 Å². The van der Waals surface area contributed by atoms with Crippen LogP contribution in [0.3, 0.4) is 0 Å². The molecule has 0 unspecified atom stereocenters. The van der Waals surface area contributed by atoms with Crippen molar-refractivity contribution < 1.29 is 4.79 Å². The van der Waals surface area contributed by atoms with Crippen molar-refractivity contribution in [2.75, 3.05) is 0 Å². The Labute approximate surface area is 120 Å². The Bertz CT molecular complexity index is 632. The summed E-state index contributed by atoms with van der Waals surface area (Å²) in [6.45, 7) is 3.76. The van der Waals surface area contributed by atoms with E-state index in [-0.39, 0.29) is 0 Å². The smallest absolute Gasteiger partial charge is 0.151 e. The lowest BCUT2D eigenvalue weighted by atomic mass is 10.2. The number of carbonyl (C=O) groups is 1. The lowest BCUT2D eigenvalue weighted by Crippen LogP contribution is -2.00. The molecule has 0 saturated carbocycles. The summed E-state index contributed by atoms with van der Waals surface area (Å²) < 4.78 is 1.88. The largest absolute Gasteiger partial charge is 0.316 e. The van der Waals surface area contributed by atoms with Gasteiger partial charge in [0.05, 0.1) is 20.8 Å². The maximum Gasteiger partial charge on any atom is 0.151 e. The average molecular weight is 303 g/mol. The fraction of sp³-hybridized carbons (Fsp3) is 0.154. The van der Waals surface area contributed by atoms with Crippen molar-refractivity contribution in [2.45, 2.75) is 13.8 Å². The predicted molar refractivity (Wildman–Crippen MR) is 75.7 cm³/mol. The third-order valence-corrected chi connectivity index (χ3v) is 3.85. The van der Waals surface area contributed by atoms with Gasteiger partial charge in [-0.3, -0.25) is 4.79 Å². The summed E-state index contributed by atoms with van der Waals surface area (Å²) in [5.41, 5.74) is 3.08. The zero-order valence-corrected chi connectivity index (χ0v) is 12.1. The van der Waals surface area contributed by atoms with Gasteiger partial charge in [0.15, 0.2) is 6.29 Å². The Morgan fingerprint density at radius 1 is 1.00 bits per heavy atom. The zero-order chi connectivity index (χ0) is 13.4. The molecule has 0 bridgehead atoms. The quantitative estimate of drug-likeness (QED) is 0.573. The van der Waals surface area contributed by atoms with E-state index in [0.29, 0.717) is 26.3 Å². The Balaban J connectivity index is 2.73. The Kier molecular flexibility index (Phi) is 3.71. The van der Waals surface area contributed by atoms with Crippen molar-refractivity contribution in [3.63, 3.8) is 0 Å². The van der Waals surface area contributed by atoms with Gasteiger partial charge in [-0.1, -0.05) is 34.8 Å². The highest BCUT2D eigenvalue weighted by molar-refractivity contribution is 6.43. The average Bonchev–Trinajstić information content (AvgIpc) is 2.59. The number of hydrogen-bond acceptors (Lipinski definition) is 1. The standard InChI is InChI=1S/C13H10Cl3NO/c1-7-3-9(6-18)8(2)17(7)13-5-11(15)10(14)4-12(13)16/h3-6H,1-2H3. The molecule has 0 aliphatic heterocycles. The van der Waals surface area contributed by atoms with Gasteiger partial charge in [-0.05, 0) is 32.0 Å². The van der Waals surface area contributed by atoms with E-state index in [0.717, 1.165) is 17.7 Å². The summed E-state index contributed by atoms with van der Waals surface area (Å²) in [7, 11) is 0. The molecule has 0 radical (unpaired) electrons. The molecule has 2 nitrogen and oxygen atoms in total. The van der Waals surface area contributed by atoms with Crippen LogP contribution < -0.4 is 0 Å². The van der Waals surface area contributed by atoms with Crippen LogP contribution in [-0.2, 0) is 0 Å². The Morgan fingerprint density at radius 3 is 2.17 bits per heavy atom. The first-order chi connectivity index (χ1) is 8.45. The first kappa shape index (κ1) is 13.5. The van der Waals surface area contributed by atoms with Crippen molar-refractivity contribution in [3.05, 3.63) is 50.2 Å². The second-order valence-electron chi connectivity index (χ2n) is 4.00. The highest BCUT2D eigenvalue weighted by Crippen LogP contribution is 2.33. The third kappa shape index (κ3) is 2.16. The molecule has 94 valence electrons. The number of rotatable bonds is 2. The highest BCUT2D eigenvalue weighted by Gasteiger charge is 2.14. The van der Waals surface area contributed by atoms with Crippen LogP contribution in [-0.4, -0.2) is 10.9 Å². The molecule has 18 heavy (non-hydrogen) atoms. The van der Waals surface area contributed by atoms with Crippen molar-refractivity contribution in [2.24, 2.45) is 0 Å². The minimum atomic E-state index is 0.406. The van der Waals surface area contributed by atoms with E-state index < -0.39 is 0 Å². The molecule has 1 heterocycles. The molecule has 0 saturated heterocycles. The van der Waals surface area contributed by atoms with Gasteiger partial charge >= 0.3 is 0 Å². The van der Waals surface area contributed by atoms with Crippen LogP contribution in [0.25, 0.3) is 5.69 Å². The first-order valence-corrected chi connectivity index (χ1v) is 6.38. The number of benzene rings is 1. The number of carbonyl (C=O) groups excluding carboxylic acids is 1. The molecular weight excluding hydrogens is 293 g/mol. The normalized spacial score (nSPS) is 10.7. The molecule has 0 fully saturated rings. The van der Waals surface area contributed by atoms with Crippen LogP contribution in [0.15, 0.2) is 18.2 Å². The highest BCUT2D eigenvalue weighted by atomic mass is 35.5. The van der Waals surface area contributed by atoms with Crippen molar-refractivity contribution in [1.29, 1.82) is 0 Å². The maximum atomic E-state index is 10.9. The summed E-state index contributed by atoms with van der Waals surface area (Å²) in [5, 5.41) is 1.32. The minimum Gasteiger partial charge on any atom is -0.316 e. The molecule has 0 spiro atoms. The van der Waals surface area contributed by atoms with Crippen molar-refractivity contribution >= 4 is 41.1 Å². The number of aryl methyl sites for hydroxylation is 1. The minimum absolute atomic E-state index is 0.406. The van der Waals surface area contributed by atoms with Gasteiger partial charge in [0.25, 0.3) is 0 Å². The summed E-state index contributed by atoms with van der Waals surface area (Å²) in [5.74, 6) is 0. The summed E-state index contributed by atoms with van der Waals surface area (Å²) in [6, 6.07) is 5.10. The number of hydrogen-bond donors (Lipinski definition) is 0. The lowest BCUT2D eigenvalue weighted by Gasteiger charge is -2.12. The Morgan fingerprint density at radius 2 is 1.61 bits per heavy atom. The topological polar surface area (TPSA) is 22.0 Å². The van der Waals surface area contributed by atoms with Crippen LogP contribution in [0.5, 0.6) is 0 Å². The summed E-state index contributed by atoms with van der Waals surface area (Å²) in [6.07, 6.45) is 0.824. The first-order valence-electron chi connectivity index (χ1n) is 5.24. The molecular formula is C13H10Cl3NO. The molecule has 0 aliphatic rings. The van der Waals surface area contributed by atoms with Gasteiger partial charge in [0.1, 0.15) is 0 Å². The van der Waals surface area contributed by atoms with Gasteiger partial charge in [-0.15, -0.1) is 0 Å². The van der Waals surface area contributed by atoms with E-state index in [9.17, 15) is 4.79 Å². The monoisotopic (exact) mass is 301 g/mol. The predicted octanol–water partition coefficient (Wildman–Crippen LogP) is 4.87. The zero-order valence-electron chi connectivity index (χ0n) is 9.80. The molecule has 2 rings (SSSR count). The molecule has 2 aromatic rings. The second kappa shape index (κ2) is 4.96. The molecule has 0 atom stereocenters. The lowest BCUT2D eigenvalue weighted by molar-refractivity contribution is 0.112. The fourth-order valence-electron chi connectivity index (χ4n) is 1.96. The van der Waals surface area contributed by atoms with Crippen LogP contribution in [0, 0.1) is 13.8 Å². The fourth-order valence-corrected chi connectivity index (χ4v) is 2.59. The summed E-state index contributed by atoms with van der Waals surface area (Å²) in [4.78, 5) is 10.9. The number of nitrogens with zero attached hydrogens (tertiary/aromatic N) is 1. The molecule has 1 aromatic carbocycles. The molecule has 1 aromatic heterocycles. The molecule has 5 heteroatoms.